The minimum absolute atomic E-state index is 0.0190. The van der Waals surface area contributed by atoms with Crippen molar-refractivity contribution in [2.75, 3.05) is 0 Å². The van der Waals surface area contributed by atoms with Crippen molar-refractivity contribution in [3.63, 3.8) is 0 Å². The van der Waals surface area contributed by atoms with Crippen LogP contribution in [0.15, 0.2) is 30.3 Å². The molecule has 0 spiro atoms. The summed E-state index contributed by atoms with van der Waals surface area (Å²) in [6, 6.07) is 7.85. The van der Waals surface area contributed by atoms with Crippen LogP contribution in [0, 0.1) is 0 Å². The summed E-state index contributed by atoms with van der Waals surface area (Å²) in [6.07, 6.45) is -4.68. The van der Waals surface area contributed by atoms with Gasteiger partial charge in [-0.3, -0.25) is 0 Å². The second kappa shape index (κ2) is 5.85. The maximum absolute atomic E-state index is 12.5. The lowest BCUT2D eigenvalue weighted by Crippen LogP contribution is -2.12. The van der Waals surface area contributed by atoms with Crippen LogP contribution in [-0.2, 0) is 12.8 Å². The fourth-order valence-corrected chi connectivity index (χ4v) is 1.77. The molecule has 0 aliphatic heterocycles. The number of aromatic nitrogens is 2. The van der Waals surface area contributed by atoms with Gasteiger partial charge in [-0.15, -0.1) is 0 Å². The van der Waals surface area contributed by atoms with E-state index in [-0.39, 0.29) is 17.6 Å². The van der Waals surface area contributed by atoms with E-state index in [4.69, 9.17) is 27.9 Å². The topological polar surface area (TPSA) is 35.0 Å². The van der Waals surface area contributed by atoms with Crippen LogP contribution in [-0.4, -0.2) is 9.97 Å². The van der Waals surface area contributed by atoms with Crippen LogP contribution in [0.2, 0.25) is 10.2 Å². The lowest BCUT2D eigenvalue weighted by Gasteiger charge is -2.09. The Hall–Kier alpha value is -1.53. The molecule has 8 heteroatoms. The van der Waals surface area contributed by atoms with Crippen LogP contribution in [0.5, 0.6) is 5.88 Å². The van der Waals surface area contributed by atoms with E-state index in [9.17, 15) is 13.2 Å². The molecule has 2 aromatic rings. The van der Waals surface area contributed by atoms with E-state index in [0.29, 0.717) is 10.6 Å². The average Bonchev–Trinajstić information content (AvgIpc) is 2.35. The third-order valence-corrected chi connectivity index (χ3v) is 2.63. The number of alkyl halides is 3. The smallest absolute Gasteiger partial charge is 0.451 e. The van der Waals surface area contributed by atoms with E-state index in [1.54, 1.807) is 24.3 Å². The molecule has 0 saturated carbocycles. The maximum atomic E-state index is 12.5. The Labute approximate surface area is 122 Å². The first-order chi connectivity index (χ1) is 9.34. The molecule has 0 atom stereocenters. The van der Waals surface area contributed by atoms with Gasteiger partial charge >= 0.3 is 6.18 Å². The molecule has 0 aliphatic carbocycles. The summed E-state index contributed by atoms with van der Waals surface area (Å²) in [5.74, 6) is -1.59. The second-order valence-electron chi connectivity index (χ2n) is 3.77. The van der Waals surface area contributed by atoms with E-state index in [1.807, 2.05) is 0 Å². The predicted molar refractivity (Wildman–Crippen MR) is 67.8 cm³/mol. The van der Waals surface area contributed by atoms with E-state index < -0.39 is 12.0 Å². The summed E-state index contributed by atoms with van der Waals surface area (Å²) in [5.41, 5.74) is 0.695. The molecule has 1 heterocycles. The van der Waals surface area contributed by atoms with Gasteiger partial charge in [0.15, 0.2) is 0 Å². The molecular formula is C12H7Cl2F3N2O. The van der Waals surface area contributed by atoms with Crippen molar-refractivity contribution in [1.82, 2.24) is 9.97 Å². The van der Waals surface area contributed by atoms with Gasteiger partial charge in [0.25, 0.3) is 0 Å². The third kappa shape index (κ3) is 3.98. The molecule has 0 unspecified atom stereocenters. The number of hydrogen-bond donors (Lipinski definition) is 0. The summed E-state index contributed by atoms with van der Waals surface area (Å²) in [4.78, 5) is 6.37. The highest BCUT2D eigenvalue weighted by atomic mass is 35.5. The van der Waals surface area contributed by atoms with Crippen molar-refractivity contribution in [3.8, 4) is 5.88 Å². The number of nitrogens with zero attached hydrogens (tertiary/aromatic N) is 2. The van der Waals surface area contributed by atoms with Crippen LogP contribution in [0.25, 0.3) is 0 Å². The maximum Gasteiger partial charge on any atom is 0.451 e. The van der Waals surface area contributed by atoms with Gasteiger partial charge in [0.1, 0.15) is 11.8 Å². The lowest BCUT2D eigenvalue weighted by atomic mass is 10.2. The molecule has 0 aliphatic rings. The average molecular weight is 323 g/mol. The molecule has 0 saturated heterocycles. The first-order valence-corrected chi connectivity index (χ1v) is 6.09. The summed E-state index contributed by atoms with van der Waals surface area (Å²) in [7, 11) is 0. The van der Waals surface area contributed by atoms with Gasteiger partial charge in [-0.05, 0) is 17.7 Å². The van der Waals surface area contributed by atoms with Crippen molar-refractivity contribution >= 4 is 23.2 Å². The minimum atomic E-state index is -4.68. The minimum Gasteiger partial charge on any atom is -0.473 e. The number of rotatable bonds is 3. The Morgan fingerprint density at radius 3 is 2.50 bits per heavy atom. The van der Waals surface area contributed by atoms with Crippen molar-refractivity contribution in [3.05, 3.63) is 51.9 Å². The Balaban J connectivity index is 2.16. The molecular weight excluding hydrogens is 316 g/mol. The lowest BCUT2D eigenvalue weighted by molar-refractivity contribution is -0.145. The van der Waals surface area contributed by atoms with Gasteiger partial charge in [-0.1, -0.05) is 35.3 Å². The Morgan fingerprint density at radius 2 is 1.85 bits per heavy atom. The molecule has 20 heavy (non-hydrogen) atoms. The molecule has 0 fully saturated rings. The van der Waals surface area contributed by atoms with Gasteiger partial charge in [-0.2, -0.15) is 18.2 Å². The van der Waals surface area contributed by atoms with Crippen molar-refractivity contribution < 1.29 is 17.9 Å². The SMILES string of the molecule is FC(F)(F)c1nc(Cl)cc(OCc2cccc(Cl)c2)n1. The molecule has 0 radical (unpaired) electrons. The Kier molecular flexibility index (Phi) is 4.35. The largest absolute Gasteiger partial charge is 0.473 e. The van der Waals surface area contributed by atoms with Crippen LogP contribution >= 0.6 is 23.2 Å². The summed E-state index contributed by atoms with van der Waals surface area (Å²) in [6.45, 7) is 0.0190. The zero-order valence-electron chi connectivity index (χ0n) is 9.79. The van der Waals surface area contributed by atoms with E-state index in [1.165, 1.54) is 0 Å². The molecule has 2 rings (SSSR count). The zero-order valence-corrected chi connectivity index (χ0v) is 11.3. The molecule has 1 aromatic carbocycles. The van der Waals surface area contributed by atoms with E-state index in [2.05, 4.69) is 9.97 Å². The van der Waals surface area contributed by atoms with Crippen molar-refractivity contribution in [1.29, 1.82) is 0 Å². The summed E-state index contributed by atoms with van der Waals surface area (Å²) in [5, 5.41) is 0.163. The van der Waals surface area contributed by atoms with Gasteiger partial charge in [-0.25, -0.2) is 4.98 Å². The normalized spacial score (nSPS) is 11.4. The van der Waals surface area contributed by atoms with Crippen LogP contribution in [0.4, 0.5) is 13.2 Å². The van der Waals surface area contributed by atoms with Gasteiger partial charge in [0.05, 0.1) is 0 Å². The molecule has 0 amide bonds. The molecule has 0 N–H and O–H groups in total. The van der Waals surface area contributed by atoms with Crippen LogP contribution < -0.4 is 4.74 Å². The van der Waals surface area contributed by atoms with Crippen LogP contribution in [0.1, 0.15) is 11.4 Å². The molecule has 106 valence electrons. The summed E-state index contributed by atoms with van der Waals surface area (Å²) >= 11 is 11.3. The van der Waals surface area contributed by atoms with Crippen LogP contribution in [0.3, 0.4) is 0 Å². The van der Waals surface area contributed by atoms with E-state index in [0.717, 1.165) is 6.07 Å². The van der Waals surface area contributed by atoms with Gasteiger partial charge in [0.2, 0.25) is 11.7 Å². The summed E-state index contributed by atoms with van der Waals surface area (Å²) < 4.78 is 42.7. The highest BCUT2D eigenvalue weighted by Gasteiger charge is 2.35. The van der Waals surface area contributed by atoms with Crippen molar-refractivity contribution in [2.24, 2.45) is 0 Å². The fourth-order valence-electron chi connectivity index (χ4n) is 1.38. The quantitative estimate of drug-likeness (QED) is 0.786. The Morgan fingerprint density at radius 1 is 1.10 bits per heavy atom. The third-order valence-electron chi connectivity index (χ3n) is 2.20. The van der Waals surface area contributed by atoms with Gasteiger partial charge < -0.3 is 4.74 Å². The molecule has 0 bridgehead atoms. The van der Waals surface area contributed by atoms with E-state index >= 15 is 0 Å². The number of halogens is 5. The standard InChI is InChI=1S/C12H7Cl2F3N2O/c13-8-3-1-2-7(4-8)6-20-10-5-9(14)18-11(19-10)12(15,16)17/h1-5H,6H2. The first-order valence-electron chi connectivity index (χ1n) is 5.33. The highest BCUT2D eigenvalue weighted by molar-refractivity contribution is 6.30. The van der Waals surface area contributed by atoms with Crippen molar-refractivity contribution in [2.45, 2.75) is 12.8 Å². The fraction of sp³-hybridized carbons (Fsp3) is 0.167. The number of ether oxygens (including phenoxy) is 1. The number of hydrogen-bond acceptors (Lipinski definition) is 3. The Bertz CT molecular complexity index is 620. The highest BCUT2D eigenvalue weighted by Crippen LogP contribution is 2.29. The molecule has 3 nitrogen and oxygen atoms in total. The first kappa shape index (κ1) is 14.9. The second-order valence-corrected chi connectivity index (χ2v) is 4.59. The predicted octanol–water partition coefficient (Wildman–Crippen LogP) is 4.38. The zero-order chi connectivity index (χ0) is 14.8. The molecule has 1 aromatic heterocycles. The van der Waals surface area contributed by atoms with Gasteiger partial charge in [0, 0.05) is 11.1 Å². The monoisotopic (exact) mass is 322 g/mol. The number of benzene rings is 1.